The van der Waals surface area contributed by atoms with Crippen LogP contribution in [0.5, 0.6) is 5.75 Å². The zero-order chi connectivity index (χ0) is 24.4. The molecule has 0 bridgehead atoms. The maximum absolute atomic E-state index is 12.9. The number of fused-ring (bicyclic) bond motifs is 1. The van der Waals surface area contributed by atoms with Crippen molar-refractivity contribution in [3.05, 3.63) is 42.5 Å². The molecule has 3 heterocycles. The first-order valence-corrected chi connectivity index (χ1v) is 10.9. The molecule has 1 amide bonds. The van der Waals surface area contributed by atoms with Crippen molar-refractivity contribution in [2.75, 3.05) is 32.7 Å². The molecule has 182 valence electrons. The summed E-state index contributed by atoms with van der Waals surface area (Å²) in [5.74, 6) is 1.00. The van der Waals surface area contributed by atoms with Gasteiger partial charge in [0.05, 0.1) is 26.1 Å². The zero-order valence-corrected chi connectivity index (χ0v) is 19.3. The molecule has 1 aromatic carbocycles. The summed E-state index contributed by atoms with van der Waals surface area (Å²) in [5, 5.41) is 23.7. The van der Waals surface area contributed by atoms with Crippen LogP contribution in [0.2, 0.25) is 0 Å². The van der Waals surface area contributed by atoms with Crippen molar-refractivity contribution in [3.63, 3.8) is 0 Å². The van der Waals surface area contributed by atoms with Crippen molar-refractivity contribution in [1.29, 1.82) is 0 Å². The Kier molecular flexibility index (Phi) is 6.93. The Hall–Kier alpha value is -3.32. The number of rotatable bonds is 8. The van der Waals surface area contributed by atoms with Crippen LogP contribution < -0.4 is 20.7 Å². The molecule has 6 N–H and O–H groups in total. The molecule has 0 radical (unpaired) electrons. The third-order valence-corrected chi connectivity index (χ3v) is 5.91. The SMILES string of the molecule is COc1ccc(C[C@H]([NH3+])C(=O)N[C@H]2[C@@H](O)[C@H](n3cnc4c(N(C)C)ncnc43)O[C@@H]2CO)cc1. The van der Waals surface area contributed by atoms with Gasteiger partial charge in [0, 0.05) is 20.5 Å². The number of carbonyl (C=O) groups excluding carboxylic acids is 1. The Balaban J connectivity index is 1.49. The van der Waals surface area contributed by atoms with Crippen LogP contribution >= 0.6 is 0 Å². The van der Waals surface area contributed by atoms with E-state index >= 15 is 0 Å². The lowest BCUT2D eigenvalue weighted by Crippen LogP contribution is -2.70. The second-order valence-electron chi connectivity index (χ2n) is 8.44. The Labute approximate surface area is 196 Å². The third kappa shape index (κ3) is 4.53. The average Bonchev–Trinajstić information content (AvgIpc) is 3.40. The standard InChI is InChI=1S/C22H29N7O5/c1-28(2)19-17-20(25-10-24-19)29(11-26-17)22-18(31)16(15(9-30)34-22)27-21(32)14(23)8-12-4-6-13(33-3)7-5-12/h4-7,10-11,14-16,18,22,30-31H,8-9,23H2,1-3H3,(H,27,32)/p+1/t14-,15+,16+,18+,22+/m0/s1. The van der Waals surface area contributed by atoms with Crippen molar-refractivity contribution < 1.29 is 30.2 Å². The van der Waals surface area contributed by atoms with Gasteiger partial charge in [-0.3, -0.25) is 9.36 Å². The number of carbonyl (C=O) groups is 1. The smallest absolute Gasteiger partial charge is 0.278 e. The van der Waals surface area contributed by atoms with Crippen LogP contribution in [0.4, 0.5) is 5.82 Å². The average molecular weight is 473 g/mol. The van der Waals surface area contributed by atoms with E-state index in [2.05, 4.69) is 26.0 Å². The second-order valence-corrected chi connectivity index (χ2v) is 8.44. The number of hydrogen-bond acceptors (Lipinski definition) is 9. The Morgan fingerprint density at radius 3 is 2.68 bits per heavy atom. The molecule has 12 nitrogen and oxygen atoms in total. The number of methoxy groups -OCH3 is 1. The van der Waals surface area contributed by atoms with Crippen LogP contribution in [0.3, 0.4) is 0 Å². The van der Waals surface area contributed by atoms with Gasteiger partial charge in [0.2, 0.25) is 0 Å². The Morgan fingerprint density at radius 2 is 2.03 bits per heavy atom. The van der Waals surface area contributed by atoms with Gasteiger partial charge in [0.15, 0.2) is 29.3 Å². The fourth-order valence-electron chi connectivity index (χ4n) is 4.08. The lowest BCUT2D eigenvalue weighted by Gasteiger charge is -2.22. The number of quaternary nitrogens is 1. The minimum atomic E-state index is -1.15. The number of nitrogens with one attached hydrogen (secondary N) is 1. The second kappa shape index (κ2) is 9.89. The van der Waals surface area contributed by atoms with E-state index in [0.717, 1.165) is 11.3 Å². The minimum absolute atomic E-state index is 0.352. The van der Waals surface area contributed by atoms with Crippen molar-refractivity contribution in [2.45, 2.75) is 36.9 Å². The largest absolute Gasteiger partial charge is 0.497 e. The number of nitrogens with zero attached hydrogens (tertiary/aromatic N) is 5. The van der Waals surface area contributed by atoms with Gasteiger partial charge in [-0.05, 0) is 17.7 Å². The molecule has 5 atom stereocenters. The Bertz CT molecular complexity index is 1140. The third-order valence-electron chi connectivity index (χ3n) is 5.91. The normalized spacial score (nSPS) is 23.1. The maximum Gasteiger partial charge on any atom is 0.278 e. The van der Waals surface area contributed by atoms with Gasteiger partial charge in [-0.1, -0.05) is 12.1 Å². The molecule has 1 aliphatic rings. The molecule has 4 rings (SSSR count). The number of aliphatic hydroxyl groups excluding tert-OH is 2. The van der Waals surface area contributed by atoms with Gasteiger partial charge in [0.1, 0.15) is 24.3 Å². The maximum atomic E-state index is 12.9. The molecule has 0 aliphatic carbocycles. The van der Waals surface area contributed by atoms with Crippen LogP contribution in [0.1, 0.15) is 11.8 Å². The molecule has 2 aromatic heterocycles. The summed E-state index contributed by atoms with van der Waals surface area (Å²) in [6.45, 7) is -0.386. The summed E-state index contributed by atoms with van der Waals surface area (Å²) >= 11 is 0. The van der Waals surface area contributed by atoms with E-state index in [1.165, 1.54) is 12.7 Å². The van der Waals surface area contributed by atoms with E-state index in [1.807, 2.05) is 43.3 Å². The van der Waals surface area contributed by atoms with Crippen molar-refractivity contribution in [3.8, 4) is 5.75 Å². The minimum Gasteiger partial charge on any atom is -0.497 e. The monoisotopic (exact) mass is 472 g/mol. The number of benzene rings is 1. The summed E-state index contributed by atoms with van der Waals surface area (Å²) in [5.41, 5.74) is 5.92. The summed E-state index contributed by atoms with van der Waals surface area (Å²) in [6.07, 6.45) is 0.457. The lowest BCUT2D eigenvalue weighted by molar-refractivity contribution is -0.403. The van der Waals surface area contributed by atoms with Crippen molar-refractivity contribution in [2.24, 2.45) is 0 Å². The van der Waals surface area contributed by atoms with Crippen molar-refractivity contribution in [1.82, 2.24) is 24.8 Å². The number of amides is 1. The van der Waals surface area contributed by atoms with Crippen LogP contribution in [0, 0.1) is 0 Å². The van der Waals surface area contributed by atoms with Gasteiger partial charge in [-0.2, -0.15) is 0 Å². The number of anilines is 1. The van der Waals surface area contributed by atoms with E-state index in [4.69, 9.17) is 9.47 Å². The number of hydrogen-bond donors (Lipinski definition) is 4. The van der Waals surface area contributed by atoms with Gasteiger partial charge in [-0.25, -0.2) is 15.0 Å². The van der Waals surface area contributed by atoms with Crippen molar-refractivity contribution >= 4 is 22.9 Å². The molecular weight excluding hydrogens is 442 g/mol. The predicted molar refractivity (Wildman–Crippen MR) is 122 cm³/mol. The fourth-order valence-corrected chi connectivity index (χ4v) is 4.08. The lowest BCUT2D eigenvalue weighted by atomic mass is 10.0. The highest BCUT2D eigenvalue weighted by molar-refractivity contribution is 5.83. The first-order valence-electron chi connectivity index (χ1n) is 10.9. The van der Waals surface area contributed by atoms with Crippen LogP contribution in [-0.4, -0.2) is 87.7 Å². The highest BCUT2D eigenvalue weighted by Crippen LogP contribution is 2.32. The number of ether oxygens (including phenoxy) is 2. The molecular formula is C22H30N7O5+. The van der Waals surface area contributed by atoms with E-state index in [-0.39, 0.29) is 12.5 Å². The zero-order valence-electron chi connectivity index (χ0n) is 19.3. The molecule has 34 heavy (non-hydrogen) atoms. The molecule has 1 aliphatic heterocycles. The quantitative estimate of drug-likeness (QED) is 0.305. The highest BCUT2D eigenvalue weighted by atomic mass is 16.5. The molecule has 0 spiro atoms. The van der Waals surface area contributed by atoms with Crippen LogP contribution in [-0.2, 0) is 16.0 Å². The molecule has 1 saturated heterocycles. The molecule has 0 unspecified atom stereocenters. The van der Waals surface area contributed by atoms with Gasteiger partial charge in [-0.15, -0.1) is 0 Å². The van der Waals surface area contributed by atoms with E-state index in [9.17, 15) is 15.0 Å². The highest BCUT2D eigenvalue weighted by Gasteiger charge is 2.46. The number of aliphatic hydroxyl groups is 2. The summed E-state index contributed by atoms with van der Waals surface area (Å²) in [4.78, 5) is 27.6. The van der Waals surface area contributed by atoms with Gasteiger partial charge in [0.25, 0.3) is 5.91 Å². The predicted octanol–water partition coefficient (Wildman–Crippen LogP) is -1.51. The molecule has 12 heteroatoms. The molecule has 0 saturated carbocycles. The number of imidazole rings is 1. The van der Waals surface area contributed by atoms with E-state index in [1.54, 1.807) is 11.7 Å². The molecule has 1 fully saturated rings. The molecule has 3 aromatic rings. The van der Waals surface area contributed by atoms with Crippen LogP contribution in [0.15, 0.2) is 36.9 Å². The topological polar surface area (TPSA) is 162 Å². The van der Waals surface area contributed by atoms with Gasteiger partial charge >= 0.3 is 0 Å². The summed E-state index contributed by atoms with van der Waals surface area (Å²) < 4.78 is 12.7. The fraction of sp³-hybridized carbons (Fsp3) is 0.455. The van der Waals surface area contributed by atoms with Gasteiger partial charge < -0.3 is 35.6 Å². The van der Waals surface area contributed by atoms with Crippen LogP contribution in [0.25, 0.3) is 11.2 Å². The first-order chi connectivity index (χ1) is 16.3. The Morgan fingerprint density at radius 1 is 1.29 bits per heavy atom. The summed E-state index contributed by atoms with van der Waals surface area (Å²) in [6, 6.07) is 5.94. The number of aromatic nitrogens is 4. The van der Waals surface area contributed by atoms with E-state index in [0.29, 0.717) is 23.4 Å². The van der Waals surface area contributed by atoms with E-state index < -0.39 is 30.5 Å². The first kappa shape index (κ1) is 23.8. The summed E-state index contributed by atoms with van der Waals surface area (Å²) in [7, 11) is 5.28.